The van der Waals surface area contributed by atoms with E-state index in [9.17, 15) is 18.0 Å². The Bertz CT molecular complexity index is 2010. The molecule has 51 heavy (non-hydrogen) atoms. The number of nitrogens with two attached hydrogens (primary N) is 1. The van der Waals surface area contributed by atoms with Crippen LogP contribution in [0.3, 0.4) is 0 Å². The maximum absolute atomic E-state index is 13.4. The molecule has 4 rings (SSSR count). The van der Waals surface area contributed by atoms with Crippen molar-refractivity contribution in [1.29, 1.82) is 0 Å². The van der Waals surface area contributed by atoms with Gasteiger partial charge in [0.15, 0.2) is 5.65 Å². The predicted octanol–water partition coefficient (Wildman–Crippen LogP) is 6.16. The van der Waals surface area contributed by atoms with E-state index in [0.29, 0.717) is 22.0 Å². The first-order valence-corrected chi connectivity index (χ1v) is 17.8. The summed E-state index contributed by atoms with van der Waals surface area (Å²) < 4.78 is 49.1. The Morgan fingerprint density at radius 2 is 1.55 bits per heavy atom. The number of carbonyl (C=O) groups is 2. The van der Waals surface area contributed by atoms with Gasteiger partial charge in [0.25, 0.3) is 10.1 Å². The number of amides is 2. The number of hydrogen-bond donors (Lipinski definition) is 1. The number of methoxy groups -OCH3 is 1. The number of halogens is 1. The van der Waals surface area contributed by atoms with Gasteiger partial charge >= 0.3 is 12.2 Å². The number of hydrogen-bond acceptors (Lipinski definition) is 13. The number of carbonyl (C=O) groups excluding carboxylic acids is 2. The number of ether oxygens (including phenoxy) is 3. The molecule has 1 atom stereocenters. The number of pyridine rings is 1. The van der Waals surface area contributed by atoms with Crippen LogP contribution in [0.2, 0.25) is 5.15 Å². The number of imide groups is 1. The van der Waals surface area contributed by atoms with Gasteiger partial charge in [0.05, 0.1) is 35.3 Å². The van der Waals surface area contributed by atoms with Crippen LogP contribution in [0, 0.1) is 20.8 Å². The van der Waals surface area contributed by atoms with Gasteiger partial charge in [-0.3, -0.25) is 4.98 Å². The molecule has 2 amide bonds. The molecule has 0 saturated heterocycles. The Morgan fingerprint density at radius 1 is 0.961 bits per heavy atom. The molecule has 3 heterocycles. The quantitative estimate of drug-likeness (QED) is 0.110. The number of fused-ring (bicyclic) bond motifs is 1. The summed E-state index contributed by atoms with van der Waals surface area (Å²) in [5, 5.41) is 4.87. The lowest BCUT2D eigenvalue weighted by atomic mass is 10.1. The Morgan fingerprint density at radius 3 is 2.10 bits per heavy atom. The Hall–Kier alpha value is -4.38. The first-order valence-electron chi connectivity index (χ1n) is 16.0. The minimum Gasteiger partial charge on any atom is -0.496 e. The zero-order valence-corrected chi connectivity index (χ0v) is 32.0. The summed E-state index contributed by atoms with van der Waals surface area (Å²) in [6.07, 6.45) is -1.65. The normalized spacial score (nSPS) is 12.9. The number of rotatable bonds is 10. The molecular weight excluding hydrogens is 702 g/mol. The lowest BCUT2D eigenvalue weighted by Crippen LogP contribution is -2.44. The summed E-state index contributed by atoms with van der Waals surface area (Å²) in [5.74, 6) is 0.225. The van der Waals surface area contributed by atoms with Crippen molar-refractivity contribution in [2.75, 3.05) is 12.0 Å². The molecule has 0 spiro atoms. The van der Waals surface area contributed by atoms with E-state index in [1.807, 2.05) is 20.8 Å². The zero-order valence-electron chi connectivity index (χ0n) is 30.4. The number of aryl methyl sites for hydroxylation is 3. The van der Waals surface area contributed by atoms with Crippen LogP contribution < -0.4 is 15.4 Å². The SMILES string of the molecule is COc1c(C)cnc(Cn2nc(CCC(N)OS(=O)(=O)c3ccc(C)cc3)c3c(Cl)nc(N(C(=O)OC(C)(C)C)C(=O)OC(C)(C)C)nc32)c1C. The Kier molecular flexibility index (Phi) is 11.6. The summed E-state index contributed by atoms with van der Waals surface area (Å²) in [5.41, 5.74) is 7.73. The molecule has 15 nitrogen and oxygen atoms in total. The monoisotopic (exact) mass is 745 g/mol. The van der Waals surface area contributed by atoms with Crippen molar-refractivity contribution < 1.29 is 36.4 Å². The number of anilines is 1. The zero-order chi connectivity index (χ0) is 38.1. The van der Waals surface area contributed by atoms with Crippen molar-refractivity contribution >= 4 is 50.9 Å². The van der Waals surface area contributed by atoms with Crippen LogP contribution in [0.4, 0.5) is 15.5 Å². The largest absolute Gasteiger partial charge is 0.496 e. The highest BCUT2D eigenvalue weighted by molar-refractivity contribution is 7.86. The van der Waals surface area contributed by atoms with Crippen molar-refractivity contribution in [3.05, 3.63) is 63.7 Å². The third-order valence-corrected chi connectivity index (χ3v) is 8.86. The van der Waals surface area contributed by atoms with Crippen LogP contribution >= 0.6 is 11.6 Å². The highest BCUT2D eigenvalue weighted by Gasteiger charge is 2.36. The first-order chi connectivity index (χ1) is 23.6. The second kappa shape index (κ2) is 15.1. The van der Waals surface area contributed by atoms with Crippen molar-refractivity contribution in [3.8, 4) is 5.75 Å². The molecular formula is C34H44ClN7O8S. The van der Waals surface area contributed by atoms with Gasteiger partial charge in [-0.05, 0) is 87.3 Å². The van der Waals surface area contributed by atoms with Gasteiger partial charge in [0.2, 0.25) is 5.95 Å². The topological polar surface area (TPSA) is 191 Å². The van der Waals surface area contributed by atoms with Gasteiger partial charge in [-0.15, -0.1) is 4.90 Å². The van der Waals surface area contributed by atoms with Crippen molar-refractivity contribution in [3.63, 3.8) is 0 Å². The highest BCUT2D eigenvalue weighted by atomic mass is 35.5. The smallest absolute Gasteiger partial charge is 0.427 e. The fourth-order valence-corrected chi connectivity index (χ4v) is 6.22. The molecule has 4 aromatic rings. The maximum Gasteiger partial charge on any atom is 0.427 e. The summed E-state index contributed by atoms with van der Waals surface area (Å²) in [4.78, 5) is 40.9. The van der Waals surface area contributed by atoms with Crippen LogP contribution in [0.5, 0.6) is 5.75 Å². The molecule has 0 aliphatic heterocycles. The van der Waals surface area contributed by atoms with Crippen LogP contribution in [-0.4, -0.2) is 69.9 Å². The summed E-state index contributed by atoms with van der Waals surface area (Å²) in [7, 11) is -2.59. The summed E-state index contributed by atoms with van der Waals surface area (Å²) >= 11 is 6.79. The van der Waals surface area contributed by atoms with Crippen LogP contribution in [0.15, 0.2) is 35.4 Å². The number of aromatic nitrogens is 5. The van der Waals surface area contributed by atoms with E-state index < -0.39 is 45.7 Å². The minimum atomic E-state index is -4.15. The molecule has 1 unspecified atom stereocenters. The Balaban J connectivity index is 1.80. The van der Waals surface area contributed by atoms with Crippen LogP contribution in [0.1, 0.15) is 76.0 Å². The van der Waals surface area contributed by atoms with Gasteiger partial charge in [-0.1, -0.05) is 29.3 Å². The van der Waals surface area contributed by atoms with Gasteiger partial charge in [0, 0.05) is 17.3 Å². The third kappa shape index (κ3) is 9.70. The molecule has 1 aromatic carbocycles. The average Bonchev–Trinajstić information content (AvgIpc) is 3.33. The van der Waals surface area contributed by atoms with Gasteiger partial charge < -0.3 is 19.9 Å². The summed E-state index contributed by atoms with van der Waals surface area (Å²) in [6, 6.07) is 6.19. The van der Waals surface area contributed by atoms with Gasteiger partial charge in [-0.25, -0.2) is 18.5 Å². The standard InChI is InChI=1S/C34H44ClN7O8S/c1-19-11-13-22(14-12-19)51(45,46)50-25(36)16-15-23-26-28(35)38-30(42(31(43)48-33(4,5)6)32(44)49-34(7,8)9)39-29(26)41(40-23)18-24-21(3)27(47-10)20(2)17-37-24/h11-14,17,25H,15-16,18,36H2,1-10H3. The van der Waals surface area contributed by atoms with E-state index in [0.717, 1.165) is 16.7 Å². The molecule has 3 aromatic heterocycles. The van der Waals surface area contributed by atoms with E-state index in [-0.39, 0.29) is 40.5 Å². The van der Waals surface area contributed by atoms with E-state index in [1.54, 1.807) is 67.0 Å². The molecule has 0 aliphatic carbocycles. The summed E-state index contributed by atoms with van der Waals surface area (Å²) in [6.45, 7) is 15.5. The van der Waals surface area contributed by atoms with Crippen molar-refractivity contribution in [2.45, 2.75) is 104 Å². The van der Waals surface area contributed by atoms with Gasteiger partial charge in [-0.2, -0.15) is 23.5 Å². The van der Waals surface area contributed by atoms with Crippen molar-refractivity contribution in [1.82, 2.24) is 24.7 Å². The Labute approximate surface area is 302 Å². The average molecular weight is 746 g/mol. The molecule has 0 aliphatic rings. The lowest BCUT2D eigenvalue weighted by Gasteiger charge is -2.27. The first kappa shape index (κ1) is 39.4. The fraction of sp³-hybridized carbons (Fsp3) is 0.471. The van der Waals surface area contributed by atoms with E-state index in [2.05, 4.69) is 15.0 Å². The second-order valence-electron chi connectivity index (χ2n) is 13.9. The highest BCUT2D eigenvalue weighted by Crippen LogP contribution is 2.31. The maximum atomic E-state index is 13.4. The number of benzene rings is 1. The third-order valence-electron chi connectivity index (χ3n) is 7.24. The molecule has 0 radical (unpaired) electrons. The van der Waals surface area contributed by atoms with Crippen molar-refractivity contribution in [2.24, 2.45) is 5.73 Å². The fourth-order valence-electron chi connectivity index (χ4n) is 4.95. The van der Waals surface area contributed by atoms with Crippen LogP contribution in [0.25, 0.3) is 11.0 Å². The van der Waals surface area contributed by atoms with Crippen LogP contribution in [-0.2, 0) is 36.7 Å². The molecule has 0 bridgehead atoms. The molecule has 2 N–H and O–H groups in total. The van der Waals surface area contributed by atoms with E-state index in [4.69, 9.17) is 40.8 Å². The molecule has 0 fully saturated rings. The van der Waals surface area contributed by atoms with E-state index in [1.165, 1.54) is 16.8 Å². The second-order valence-corrected chi connectivity index (χ2v) is 15.8. The molecule has 0 saturated carbocycles. The van der Waals surface area contributed by atoms with E-state index >= 15 is 0 Å². The molecule has 276 valence electrons. The number of nitrogens with zero attached hydrogens (tertiary/aromatic N) is 6. The van der Waals surface area contributed by atoms with Gasteiger partial charge in [0.1, 0.15) is 28.3 Å². The minimum absolute atomic E-state index is 0.00681. The molecule has 17 heteroatoms. The predicted molar refractivity (Wildman–Crippen MR) is 190 cm³/mol. The lowest BCUT2D eigenvalue weighted by molar-refractivity contribution is 0.0427.